The lowest BCUT2D eigenvalue weighted by atomic mass is 10.1. The highest BCUT2D eigenvalue weighted by Gasteiger charge is 2.29. The molecule has 1 amide bonds. The summed E-state index contributed by atoms with van der Waals surface area (Å²) in [5.41, 5.74) is 4.62. The van der Waals surface area contributed by atoms with Crippen LogP contribution < -0.4 is 4.90 Å². The van der Waals surface area contributed by atoms with Crippen LogP contribution in [-0.2, 0) is 14.8 Å². The second-order valence-corrected chi connectivity index (χ2v) is 10.7. The minimum atomic E-state index is -3.75. The monoisotopic (exact) mass is 463 g/mol. The van der Waals surface area contributed by atoms with Crippen LogP contribution in [0.15, 0.2) is 35.2 Å². The Hall–Kier alpha value is -2.09. The Morgan fingerprint density at radius 2 is 1.55 bits per heavy atom. The van der Waals surface area contributed by atoms with Crippen LogP contribution in [0.5, 0.6) is 0 Å². The van der Waals surface area contributed by atoms with E-state index in [9.17, 15) is 13.2 Å². The summed E-state index contributed by atoms with van der Waals surface area (Å²) < 4.78 is 27.4. The normalized spacial score (nSPS) is 14.9. The fourth-order valence-electron chi connectivity index (χ4n) is 4.22. The summed E-state index contributed by atoms with van der Waals surface area (Å²) in [5, 5.41) is 0.688. The third-order valence-electron chi connectivity index (χ3n) is 5.78. The van der Waals surface area contributed by atoms with Crippen molar-refractivity contribution in [2.45, 2.75) is 32.6 Å². The molecule has 0 radical (unpaired) electrons. The average molecular weight is 464 g/mol. The third kappa shape index (κ3) is 5.05. The van der Waals surface area contributed by atoms with E-state index in [1.807, 2.05) is 44.2 Å². The van der Waals surface area contributed by atoms with E-state index in [1.165, 1.54) is 7.05 Å². The number of carbonyl (C=O) groups excluding carboxylic acids is 1. The number of anilines is 1. The van der Waals surface area contributed by atoms with E-state index in [-0.39, 0.29) is 17.3 Å². The Balaban J connectivity index is 1.66. The molecule has 168 valence electrons. The predicted octanol–water partition coefficient (Wildman–Crippen LogP) is 3.54. The molecule has 0 aromatic heterocycles. The van der Waals surface area contributed by atoms with Crippen LogP contribution in [0.25, 0.3) is 0 Å². The van der Waals surface area contributed by atoms with E-state index < -0.39 is 10.0 Å². The van der Waals surface area contributed by atoms with Gasteiger partial charge in [-0.25, -0.2) is 8.42 Å². The van der Waals surface area contributed by atoms with E-state index in [1.54, 1.807) is 18.7 Å². The van der Waals surface area contributed by atoms with Crippen LogP contribution in [0, 0.1) is 27.7 Å². The van der Waals surface area contributed by atoms with Crippen molar-refractivity contribution >= 4 is 33.2 Å². The summed E-state index contributed by atoms with van der Waals surface area (Å²) in [6, 6.07) is 9.51. The molecule has 0 saturated carbocycles. The van der Waals surface area contributed by atoms with Crippen LogP contribution in [0.4, 0.5) is 5.69 Å². The molecule has 2 aromatic carbocycles. The van der Waals surface area contributed by atoms with Gasteiger partial charge >= 0.3 is 0 Å². The number of piperazine rings is 1. The van der Waals surface area contributed by atoms with Crippen molar-refractivity contribution in [1.29, 1.82) is 0 Å². The molecule has 0 bridgehead atoms. The standard InChI is InChI=1S/C23H30ClN3O3S/c1-16-12-18(3)23(19(4)13-16)31(29,30)25(5)15-22(28)27-10-8-26(9-11-27)21-14-20(24)7-6-17(21)2/h6-7,12-14H,8-11,15H2,1-5H3. The number of halogens is 1. The van der Waals surface area contributed by atoms with E-state index >= 15 is 0 Å². The molecular formula is C23H30ClN3O3S. The highest BCUT2D eigenvalue weighted by molar-refractivity contribution is 7.89. The van der Waals surface area contributed by atoms with Gasteiger partial charge in [-0.3, -0.25) is 4.79 Å². The highest BCUT2D eigenvalue weighted by Crippen LogP contribution is 2.26. The van der Waals surface area contributed by atoms with Gasteiger partial charge < -0.3 is 9.80 Å². The van der Waals surface area contributed by atoms with Gasteiger partial charge in [-0.1, -0.05) is 35.4 Å². The number of sulfonamides is 1. The van der Waals surface area contributed by atoms with Crippen molar-refractivity contribution in [3.8, 4) is 0 Å². The van der Waals surface area contributed by atoms with Crippen LogP contribution in [0.2, 0.25) is 5.02 Å². The zero-order valence-corrected chi connectivity index (χ0v) is 20.3. The molecule has 0 aliphatic carbocycles. The van der Waals surface area contributed by atoms with Crippen molar-refractivity contribution < 1.29 is 13.2 Å². The molecule has 0 N–H and O–H groups in total. The van der Waals surface area contributed by atoms with Crippen molar-refractivity contribution in [3.63, 3.8) is 0 Å². The number of rotatable bonds is 5. The molecule has 8 heteroatoms. The number of benzene rings is 2. The molecule has 3 rings (SSSR count). The number of aryl methyl sites for hydroxylation is 4. The summed E-state index contributed by atoms with van der Waals surface area (Å²) in [7, 11) is -2.28. The van der Waals surface area contributed by atoms with Gasteiger partial charge in [0.1, 0.15) is 0 Å². The zero-order valence-electron chi connectivity index (χ0n) is 18.8. The summed E-state index contributed by atoms with van der Waals surface area (Å²) in [4.78, 5) is 17.1. The Labute approximate surface area is 190 Å². The largest absolute Gasteiger partial charge is 0.368 e. The molecule has 31 heavy (non-hydrogen) atoms. The van der Waals surface area contributed by atoms with Gasteiger partial charge in [0.2, 0.25) is 15.9 Å². The summed E-state index contributed by atoms with van der Waals surface area (Å²) >= 11 is 6.14. The minimum absolute atomic E-state index is 0.175. The lowest BCUT2D eigenvalue weighted by Crippen LogP contribution is -2.51. The second-order valence-electron chi connectivity index (χ2n) is 8.29. The van der Waals surface area contributed by atoms with E-state index in [2.05, 4.69) is 4.90 Å². The van der Waals surface area contributed by atoms with Gasteiger partial charge in [0.05, 0.1) is 11.4 Å². The number of amides is 1. The number of hydrogen-bond acceptors (Lipinski definition) is 4. The van der Waals surface area contributed by atoms with E-state index in [0.717, 1.165) is 21.1 Å². The zero-order chi connectivity index (χ0) is 22.9. The smallest absolute Gasteiger partial charge is 0.243 e. The van der Waals surface area contributed by atoms with Gasteiger partial charge in [0.25, 0.3) is 0 Å². The predicted molar refractivity (Wildman–Crippen MR) is 125 cm³/mol. The maximum atomic E-state index is 13.1. The lowest BCUT2D eigenvalue weighted by Gasteiger charge is -2.37. The van der Waals surface area contributed by atoms with Crippen molar-refractivity contribution in [3.05, 3.63) is 57.6 Å². The highest BCUT2D eigenvalue weighted by atomic mass is 35.5. The maximum absolute atomic E-state index is 13.1. The average Bonchev–Trinajstić information content (AvgIpc) is 2.68. The van der Waals surface area contributed by atoms with Gasteiger partial charge in [0.15, 0.2) is 0 Å². The molecule has 1 fully saturated rings. The number of carbonyl (C=O) groups is 1. The molecule has 1 saturated heterocycles. The molecule has 2 aromatic rings. The Morgan fingerprint density at radius 1 is 0.968 bits per heavy atom. The number of nitrogens with zero attached hydrogens (tertiary/aromatic N) is 3. The topological polar surface area (TPSA) is 60.9 Å². The first-order valence-electron chi connectivity index (χ1n) is 10.3. The van der Waals surface area contributed by atoms with E-state index in [4.69, 9.17) is 11.6 Å². The SMILES string of the molecule is Cc1cc(C)c(S(=O)(=O)N(C)CC(=O)N2CCN(c3cc(Cl)ccc3C)CC2)c(C)c1. The Morgan fingerprint density at radius 3 is 2.13 bits per heavy atom. The Kier molecular flexibility index (Phi) is 6.98. The lowest BCUT2D eigenvalue weighted by molar-refractivity contribution is -0.131. The molecule has 0 atom stereocenters. The first-order chi connectivity index (χ1) is 14.5. The quantitative estimate of drug-likeness (QED) is 0.680. The van der Waals surface area contributed by atoms with Crippen LogP contribution in [0.3, 0.4) is 0 Å². The Bertz CT molecular complexity index is 1070. The first-order valence-corrected chi connectivity index (χ1v) is 12.2. The summed E-state index contributed by atoms with van der Waals surface area (Å²) in [6.45, 7) is 9.83. The third-order valence-corrected chi connectivity index (χ3v) is 8.12. The molecular weight excluding hydrogens is 434 g/mol. The number of hydrogen-bond donors (Lipinski definition) is 0. The number of likely N-dealkylation sites (N-methyl/N-ethyl adjacent to an activating group) is 1. The minimum Gasteiger partial charge on any atom is -0.368 e. The van der Waals surface area contributed by atoms with Crippen LogP contribution in [-0.4, -0.2) is 63.3 Å². The van der Waals surface area contributed by atoms with Gasteiger partial charge in [-0.15, -0.1) is 0 Å². The fraction of sp³-hybridized carbons (Fsp3) is 0.435. The van der Waals surface area contributed by atoms with Crippen LogP contribution in [0.1, 0.15) is 22.3 Å². The van der Waals surface area contributed by atoms with Gasteiger partial charge in [0, 0.05) is 43.9 Å². The van der Waals surface area contributed by atoms with E-state index in [0.29, 0.717) is 42.3 Å². The molecule has 0 unspecified atom stereocenters. The summed E-state index contributed by atoms with van der Waals surface area (Å²) in [6.07, 6.45) is 0. The van der Waals surface area contributed by atoms with Crippen molar-refractivity contribution in [1.82, 2.24) is 9.21 Å². The van der Waals surface area contributed by atoms with Crippen molar-refractivity contribution in [2.75, 3.05) is 44.7 Å². The maximum Gasteiger partial charge on any atom is 0.243 e. The molecule has 1 aliphatic heterocycles. The summed E-state index contributed by atoms with van der Waals surface area (Å²) in [5.74, 6) is -0.184. The molecule has 6 nitrogen and oxygen atoms in total. The fourth-order valence-corrected chi connectivity index (χ4v) is 5.91. The van der Waals surface area contributed by atoms with Gasteiger partial charge in [-0.05, 0) is 56.5 Å². The molecule has 1 aliphatic rings. The van der Waals surface area contributed by atoms with Gasteiger partial charge in [-0.2, -0.15) is 4.31 Å². The molecule has 0 spiro atoms. The van der Waals surface area contributed by atoms with Crippen molar-refractivity contribution in [2.24, 2.45) is 0 Å². The molecule has 1 heterocycles. The first kappa shape index (κ1) is 23.6. The second kappa shape index (κ2) is 9.18. The van der Waals surface area contributed by atoms with Crippen LogP contribution >= 0.6 is 11.6 Å².